The lowest BCUT2D eigenvalue weighted by atomic mass is 10.0. The molecule has 1 aliphatic rings. The van der Waals surface area contributed by atoms with Crippen LogP contribution in [0.4, 0.5) is 0 Å². The van der Waals surface area contributed by atoms with E-state index in [2.05, 4.69) is 18.9 Å². The van der Waals surface area contributed by atoms with E-state index in [-0.39, 0.29) is 6.04 Å². The van der Waals surface area contributed by atoms with Crippen LogP contribution in [0.1, 0.15) is 32.0 Å². The van der Waals surface area contributed by atoms with Crippen molar-refractivity contribution in [2.45, 2.75) is 26.3 Å². The molecular formula is C11H19N3O. The normalized spacial score (nSPS) is 25.0. The summed E-state index contributed by atoms with van der Waals surface area (Å²) in [6, 6.07) is 0.0300. The molecule has 1 saturated carbocycles. The van der Waals surface area contributed by atoms with Crippen molar-refractivity contribution in [3.63, 3.8) is 0 Å². The fraction of sp³-hybridized carbons (Fsp3) is 0.727. The smallest absolute Gasteiger partial charge is 0.161 e. The molecule has 2 atom stereocenters. The molecule has 15 heavy (non-hydrogen) atoms. The van der Waals surface area contributed by atoms with Crippen molar-refractivity contribution < 1.29 is 4.74 Å². The van der Waals surface area contributed by atoms with E-state index in [0.717, 1.165) is 11.4 Å². The van der Waals surface area contributed by atoms with E-state index >= 15 is 0 Å². The zero-order valence-corrected chi connectivity index (χ0v) is 9.82. The Morgan fingerprint density at radius 2 is 2.27 bits per heavy atom. The highest BCUT2D eigenvalue weighted by Gasteiger charge is 2.50. The number of methoxy groups -OCH3 is 1. The summed E-state index contributed by atoms with van der Waals surface area (Å²) in [6.45, 7) is 4.50. The predicted molar refractivity (Wildman–Crippen MR) is 58.6 cm³/mol. The molecule has 4 nitrogen and oxygen atoms in total. The highest BCUT2D eigenvalue weighted by molar-refractivity contribution is 5.30. The van der Waals surface area contributed by atoms with E-state index in [9.17, 15) is 0 Å². The highest BCUT2D eigenvalue weighted by Crippen LogP contribution is 2.57. The molecule has 1 aromatic heterocycles. The summed E-state index contributed by atoms with van der Waals surface area (Å²) in [5.74, 6) is 1.34. The van der Waals surface area contributed by atoms with Crippen molar-refractivity contribution in [1.29, 1.82) is 0 Å². The van der Waals surface area contributed by atoms with Gasteiger partial charge in [-0.1, -0.05) is 13.8 Å². The van der Waals surface area contributed by atoms with Crippen LogP contribution in [0, 0.1) is 11.3 Å². The molecule has 2 rings (SSSR count). The molecule has 84 valence electrons. The first kappa shape index (κ1) is 10.5. The van der Waals surface area contributed by atoms with Crippen molar-refractivity contribution in [2.24, 2.45) is 24.1 Å². The van der Waals surface area contributed by atoms with Crippen LogP contribution >= 0.6 is 0 Å². The van der Waals surface area contributed by atoms with Crippen LogP contribution in [0.25, 0.3) is 0 Å². The quantitative estimate of drug-likeness (QED) is 0.820. The summed E-state index contributed by atoms with van der Waals surface area (Å²) in [4.78, 5) is 0. The van der Waals surface area contributed by atoms with E-state index in [1.165, 1.54) is 6.42 Å². The molecule has 0 aliphatic heterocycles. The van der Waals surface area contributed by atoms with Gasteiger partial charge in [0, 0.05) is 7.05 Å². The third kappa shape index (κ3) is 1.63. The molecular weight excluding hydrogens is 190 g/mol. The summed E-state index contributed by atoms with van der Waals surface area (Å²) in [7, 11) is 3.57. The van der Waals surface area contributed by atoms with Crippen LogP contribution in [0.5, 0.6) is 5.75 Å². The van der Waals surface area contributed by atoms with E-state index in [0.29, 0.717) is 11.3 Å². The minimum absolute atomic E-state index is 0.0300. The third-order valence-corrected chi connectivity index (χ3v) is 3.51. The number of aryl methyl sites for hydroxylation is 1. The van der Waals surface area contributed by atoms with Gasteiger partial charge >= 0.3 is 0 Å². The first-order valence-electron chi connectivity index (χ1n) is 5.29. The number of aromatic nitrogens is 2. The molecule has 1 fully saturated rings. The van der Waals surface area contributed by atoms with Crippen LogP contribution in [-0.4, -0.2) is 16.9 Å². The van der Waals surface area contributed by atoms with Gasteiger partial charge in [-0.25, -0.2) is 0 Å². The second-order valence-electron chi connectivity index (χ2n) is 5.05. The molecule has 4 heteroatoms. The molecule has 0 spiro atoms. The first-order chi connectivity index (χ1) is 6.97. The second-order valence-corrected chi connectivity index (χ2v) is 5.05. The maximum atomic E-state index is 6.26. The molecule has 1 aliphatic carbocycles. The minimum atomic E-state index is 0.0300. The van der Waals surface area contributed by atoms with Gasteiger partial charge in [-0.05, 0) is 17.8 Å². The second kappa shape index (κ2) is 3.23. The number of hydrogen-bond acceptors (Lipinski definition) is 3. The average molecular weight is 209 g/mol. The summed E-state index contributed by atoms with van der Waals surface area (Å²) in [6.07, 6.45) is 2.91. The first-order valence-corrected chi connectivity index (χ1v) is 5.29. The van der Waals surface area contributed by atoms with E-state index in [1.54, 1.807) is 13.3 Å². The van der Waals surface area contributed by atoms with Gasteiger partial charge < -0.3 is 10.5 Å². The average Bonchev–Trinajstić information content (AvgIpc) is 2.65. The number of ether oxygens (including phenoxy) is 1. The summed E-state index contributed by atoms with van der Waals surface area (Å²) < 4.78 is 7.09. The molecule has 0 bridgehead atoms. The van der Waals surface area contributed by atoms with Gasteiger partial charge in [0.25, 0.3) is 0 Å². The van der Waals surface area contributed by atoms with Gasteiger partial charge in [0.1, 0.15) is 0 Å². The highest BCUT2D eigenvalue weighted by atomic mass is 16.5. The Labute approximate surface area is 90.4 Å². The van der Waals surface area contributed by atoms with Crippen LogP contribution in [0.15, 0.2) is 6.20 Å². The van der Waals surface area contributed by atoms with Crippen LogP contribution in [0.3, 0.4) is 0 Å². The molecule has 1 aromatic rings. The number of nitrogens with zero attached hydrogens (tertiary/aromatic N) is 2. The van der Waals surface area contributed by atoms with Crippen molar-refractivity contribution >= 4 is 0 Å². The number of rotatable bonds is 3. The third-order valence-electron chi connectivity index (χ3n) is 3.51. The Morgan fingerprint density at radius 1 is 1.67 bits per heavy atom. The fourth-order valence-electron chi connectivity index (χ4n) is 2.28. The molecule has 0 radical (unpaired) electrons. The van der Waals surface area contributed by atoms with E-state index in [4.69, 9.17) is 10.5 Å². The van der Waals surface area contributed by atoms with Gasteiger partial charge in [0.2, 0.25) is 0 Å². The summed E-state index contributed by atoms with van der Waals surface area (Å²) in [5.41, 5.74) is 7.63. The lowest BCUT2D eigenvalue weighted by molar-refractivity contribution is 0.391. The zero-order chi connectivity index (χ0) is 11.2. The van der Waals surface area contributed by atoms with Crippen LogP contribution in [0.2, 0.25) is 0 Å². The van der Waals surface area contributed by atoms with Gasteiger partial charge in [0.15, 0.2) is 5.75 Å². The summed E-state index contributed by atoms with van der Waals surface area (Å²) >= 11 is 0. The Balaban J connectivity index is 2.25. The molecule has 0 saturated heterocycles. The van der Waals surface area contributed by atoms with Crippen molar-refractivity contribution in [3.05, 3.63) is 11.9 Å². The largest absolute Gasteiger partial charge is 0.493 e. The molecule has 0 aromatic carbocycles. The maximum absolute atomic E-state index is 6.26. The standard InChI is InChI=1S/C11H19N3O/c1-11(2)5-7(11)9(12)10-8(15-4)6-13-14(10)3/h6-7,9H,5,12H2,1-4H3. The van der Waals surface area contributed by atoms with Gasteiger partial charge in [-0.3, -0.25) is 4.68 Å². The lowest BCUT2D eigenvalue weighted by Gasteiger charge is -2.15. The topological polar surface area (TPSA) is 53.1 Å². The van der Waals surface area contributed by atoms with Crippen LogP contribution < -0.4 is 10.5 Å². The van der Waals surface area contributed by atoms with Crippen molar-refractivity contribution in [3.8, 4) is 5.75 Å². The summed E-state index contributed by atoms with van der Waals surface area (Å²) in [5, 5.41) is 4.18. The van der Waals surface area contributed by atoms with Gasteiger partial charge in [-0.15, -0.1) is 0 Å². The van der Waals surface area contributed by atoms with Gasteiger partial charge in [-0.2, -0.15) is 5.10 Å². The maximum Gasteiger partial charge on any atom is 0.161 e. The Hall–Kier alpha value is -1.03. The monoisotopic (exact) mass is 209 g/mol. The molecule has 2 unspecified atom stereocenters. The Bertz CT molecular complexity index is 370. The number of nitrogens with two attached hydrogens (primary N) is 1. The van der Waals surface area contributed by atoms with Crippen LogP contribution in [-0.2, 0) is 7.05 Å². The molecule has 1 heterocycles. The Kier molecular flexibility index (Phi) is 2.26. The molecule has 0 amide bonds. The predicted octanol–water partition coefficient (Wildman–Crippen LogP) is 1.47. The minimum Gasteiger partial charge on any atom is -0.493 e. The van der Waals surface area contributed by atoms with E-state index in [1.807, 2.05) is 11.7 Å². The lowest BCUT2D eigenvalue weighted by Crippen LogP contribution is -2.19. The van der Waals surface area contributed by atoms with E-state index < -0.39 is 0 Å². The zero-order valence-electron chi connectivity index (χ0n) is 9.82. The SMILES string of the molecule is COc1cnn(C)c1C(N)C1CC1(C)C. The number of hydrogen-bond donors (Lipinski definition) is 1. The van der Waals surface area contributed by atoms with Crippen molar-refractivity contribution in [1.82, 2.24) is 9.78 Å². The fourth-order valence-corrected chi connectivity index (χ4v) is 2.28. The molecule has 2 N–H and O–H groups in total. The Morgan fingerprint density at radius 3 is 2.73 bits per heavy atom. The van der Waals surface area contributed by atoms with Gasteiger partial charge in [0.05, 0.1) is 25.0 Å². The van der Waals surface area contributed by atoms with Crippen molar-refractivity contribution in [2.75, 3.05) is 7.11 Å².